The molecule has 2 N–H and O–H groups in total. The lowest BCUT2D eigenvalue weighted by Gasteiger charge is -2.44. The van der Waals surface area contributed by atoms with E-state index in [4.69, 9.17) is 10.3 Å². The third kappa shape index (κ3) is 7.34. The van der Waals surface area contributed by atoms with Gasteiger partial charge in [0.25, 0.3) is 0 Å². The SMILES string of the molecule is Cc1cc(NC(=O)C(=O)N2C[C@H](C)CC[C@H]2C2CCC(N=[N+]=[N-])CC2)cnc1NC(=O)OC(C)(C)C. The minimum absolute atomic E-state index is 0.00623. The van der Waals surface area contributed by atoms with Crippen molar-refractivity contribution in [2.45, 2.75) is 90.8 Å². The molecule has 2 fully saturated rings. The molecule has 2 heterocycles. The molecule has 11 heteroatoms. The molecule has 0 aromatic carbocycles. The van der Waals surface area contributed by atoms with Crippen molar-refractivity contribution in [1.29, 1.82) is 0 Å². The van der Waals surface area contributed by atoms with Gasteiger partial charge in [-0.2, -0.15) is 0 Å². The van der Waals surface area contributed by atoms with E-state index in [1.807, 2.05) is 0 Å². The van der Waals surface area contributed by atoms with Crippen LogP contribution in [0.25, 0.3) is 10.4 Å². The number of hydrogen-bond acceptors (Lipinski definition) is 6. The number of nitrogens with zero attached hydrogens (tertiary/aromatic N) is 5. The molecule has 11 nitrogen and oxygen atoms in total. The molecule has 0 bridgehead atoms. The summed E-state index contributed by atoms with van der Waals surface area (Å²) < 4.78 is 5.25. The Bertz CT molecular complexity index is 1020. The van der Waals surface area contributed by atoms with Gasteiger partial charge in [0, 0.05) is 23.5 Å². The fourth-order valence-corrected chi connectivity index (χ4v) is 5.06. The number of amides is 3. The number of piperidine rings is 1. The van der Waals surface area contributed by atoms with Gasteiger partial charge < -0.3 is 15.0 Å². The molecular weight excluding hydrogens is 462 g/mol. The number of carbonyl (C=O) groups is 3. The van der Waals surface area contributed by atoms with Gasteiger partial charge >= 0.3 is 17.9 Å². The Morgan fingerprint density at radius 3 is 2.44 bits per heavy atom. The molecule has 0 spiro atoms. The van der Waals surface area contributed by atoms with Gasteiger partial charge in [-0.15, -0.1) is 0 Å². The van der Waals surface area contributed by atoms with E-state index in [-0.39, 0.29) is 12.1 Å². The number of rotatable bonds is 4. The van der Waals surface area contributed by atoms with Crippen LogP contribution in [0.4, 0.5) is 16.3 Å². The van der Waals surface area contributed by atoms with Gasteiger partial charge in [0.15, 0.2) is 0 Å². The van der Waals surface area contributed by atoms with Crippen LogP contribution in [0.1, 0.15) is 71.8 Å². The van der Waals surface area contributed by atoms with Crippen LogP contribution in [0.5, 0.6) is 0 Å². The monoisotopic (exact) mass is 499 g/mol. The first-order valence-electron chi connectivity index (χ1n) is 12.6. The van der Waals surface area contributed by atoms with Crippen LogP contribution in [-0.4, -0.2) is 52.0 Å². The summed E-state index contributed by atoms with van der Waals surface area (Å²) in [4.78, 5) is 47.1. The van der Waals surface area contributed by atoms with Crippen LogP contribution < -0.4 is 10.6 Å². The maximum absolute atomic E-state index is 13.3. The minimum atomic E-state index is -0.703. The molecule has 196 valence electrons. The number of hydrogen-bond donors (Lipinski definition) is 2. The van der Waals surface area contributed by atoms with E-state index < -0.39 is 23.5 Å². The third-order valence-corrected chi connectivity index (χ3v) is 6.77. The smallest absolute Gasteiger partial charge is 0.413 e. The summed E-state index contributed by atoms with van der Waals surface area (Å²) >= 11 is 0. The van der Waals surface area contributed by atoms with Gasteiger partial charge in [-0.1, -0.05) is 12.0 Å². The van der Waals surface area contributed by atoms with Gasteiger partial charge in [-0.05, 0) is 95.2 Å². The number of nitrogens with one attached hydrogen (secondary N) is 2. The summed E-state index contributed by atoms with van der Waals surface area (Å²) in [5, 5.41) is 9.11. The Labute approximate surface area is 212 Å². The molecule has 1 aromatic rings. The molecule has 36 heavy (non-hydrogen) atoms. The Morgan fingerprint density at radius 1 is 1.14 bits per heavy atom. The first kappa shape index (κ1) is 27.3. The molecule has 1 aromatic heterocycles. The lowest BCUT2D eigenvalue weighted by molar-refractivity contribution is -0.147. The molecule has 1 saturated heterocycles. The second-order valence-electron chi connectivity index (χ2n) is 11.0. The van der Waals surface area contributed by atoms with E-state index >= 15 is 0 Å². The highest BCUT2D eigenvalue weighted by Gasteiger charge is 2.38. The highest BCUT2D eigenvalue weighted by Crippen LogP contribution is 2.36. The van der Waals surface area contributed by atoms with Crippen LogP contribution >= 0.6 is 0 Å². The van der Waals surface area contributed by atoms with Crippen molar-refractivity contribution >= 4 is 29.4 Å². The zero-order valence-corrected chi connectivity index (χ0v) is 21.8. The Kier molecular flexibility index (Phi) is 8.79. The summed E-state index contributed by atoms with van der Waals surface area (Å²) in [5.74, 6) is -0.320. The third-order valence-electron chi connectivity index (χ3n) is 6.77. The first-order chi connectivity index (χ1) is 17.0. The fraction of sp³-hybridized carbons (Fsp3) is 0.680. The largest absolute Gasteiger partial charge is 0.444 e. The zero-order valence-electron chi connectivity index (χ0n) is 21.8. The molecule has 0 radical (unpaired) electrons. The van der Waals surface area contributed by atoms with E-state index in [2.05, 4.69) is 32.6 Å². The standard InChI is InChI=1S/C25H37N7O4/c1-15-6-11-20(17-7-9-18(10-8-17)30-31-26)32(14-15)23(34)22(33)28-19-12-16(2)21(27-13-19)29-24(35)36-25(3,4)5/h12-13,15,17-18,20H,6-11,14H2,1-5H3,(H,28,33)(H,27,29,35)/t15-,17?,18?,20+/m1/s1. The van der Waals surface area contributed by atoms with Crippen LogP contribution in [0.3, 0.4) is 0 Å². The fourth-order valence-electron chi connectivity index (χ4n) is 5.06. The second kappa shape index (κ2) is 11.6. The predicted molar refractivity (Wildman–Crippen MR) is 136 cm³/mol. The normalized spacial score (nSPS) is 24.3. The number of pyridine rings is 1. The van der Waals surface area contributed by atoms with Crippen molar-refractivity contribution in [2.75, 3.05) is 17.2 Å². The number of aryl methyl sites for hydroxylation is 1. The van der Waals surface area contributed by atoms with Crippen molar-refractivity contribution in [2.24, 2.45) is 17.0 Å². The highest BCUT2D eigenvalue weighted by molar-refractivity contribution is 6.39. The molecule has 3 rings (SSSR count). The molecule has 1 aliphatic heterocycles. The summed E-state index contributed by atoms with van der Waals surface area (Å²) in [6.45, 7) is 9.69. The van der Waals surface area contributed by atoms with Crippen molar-refractivity contribution in [3.63, 3.8) is 0 Å². The molecule has 2 atom stereocenters. The maximum Gasteiger partial charge on any atom is 0.413 e. The number of aromatic nitrogens is 1. The lowest BCUT2D eigenvalue weighted by Crippen LogP contribution is -2.53. The molecule has 2 aliphatic rings. The number of anilines is 2. The number of carbonyl (C=O) groups excluding carboxylic acids is 3. The van der Waals surface area contributed by atoms with Gasteiger partial charge in [-0.25, -0.2) is 9.78 Å². The molecule has 1 saturated carbocycles. The highest BCUT2D eigenvalue weighted by atomic mass is 16.6. The average molecular weight is 500 g/mol. The molecule has 1 aliphatic carbocycles. The number of likely N-dealkylation sites (tertiary alicyclic amines) is 1. The van der Waals surface area contributed by atoms with Gasteiger partial charge in [0.2, 0.25) is 0 Å². The minimum Gasteiger partial charge on any atom is -0.444 e. The van der Waals surface area contributed by atoms with Crippen molar-refractivity contribution in [1.82, 2.24) is 9.88 Å². The summed E-state index contributed by atoms with van der Waals surface area (Å²) in [5.41, 5.74) is 9.05. The second-order valence-corrected chi connectivity index (χ2v) is 11.0. The molecule has 0 unspecified atom stereocenters. The van der Waals surface area contributed by atoms with Crippen LogP contribution in [0.15, 0.2) is 17.4 Å². The van der Waals surface area contributed by atoms with E-state index in [0.717, 1.165) is 38.5 Å². The summed E-state index contributed by atoms with van der Waals surface area (Å²) in [7, 11) is 0. The predicted octanol–water partition coefficient (Wildman–Crippen LogP) is 5.17. The Hall–Kier alpha value is -3.33. The van der Waals surface area contributed by atoms with Gasteiger partial charge in [0.05, 0.1) is 11.9 Å². The van der Waals surface area contributed by atoms with Gasteiger partial charge in [0.1, 0.15) is 11.4 Å². The topological polar surface area (TPSA) is 149 Å². The van der Waals surface area contributed by atoms with Crippen LogP contribution in [-0.2, 0) is 14.3 Å². The van der Waals surface area contributed by atoms with E-state index in [1.54, 1.807) is 38.7 Å². The summed E-state index contributed by atoms with van der Waals surface area (Å²) in [6.07, 6.45) is 6.03. The van der Waals surface area contributed by atoms with Gasteiger partial charge in [-0.3, -0.25) is 14.9 Å². The van der Waals surface area contributed by atoms with Crippen LogP contribution in [0.2, 0.25) is 0 Å². The molecular formula is C25H37N7O4. The number of ether oxygens (including phenoxy) is 1. The Balaban J connectivity index is 1.64. The zero-order chi connectivity index (χ0) is 26.5. The van der Waals surface area contributed by atoms with E-state index in [9.17, 15) is 14.4 Å². The van der Waals surface area contributed by atoms with Crippen molar-refractivity contribution < 1.29 is 19.1 Å². The molecule has 3 amide bonds. The van der Waals surface area contributed by atoms with Crippen LogP contribution in [0, 0.1) is 18.8 Å². The first-order valence-corrected chi connectivity index (χ1v) is 12.6. The van der Waals surface area contributed by atoms with E-state index in [0.29, 0.717) is 35.4 Å². The van der Waals surface area contributed by atoms with Crippen molar-refractivity contribution in [3.05, 3.63) is 28.3 Å². The Morgan fingerprint density at radius 2 is 1.83 bits per heavy atom. The van der Waals surface area contributed by atoms with E-state index in [1.165, 1.54) is 6.20 Å². The maximum atomic E-state index is 13.3. The summed E-state index contributed by atoms with van der Waals surface area (Å²) in [6, 6.07) is 1.68. The quantitative estimate of drug-likeness (QED) is 0.253. The van der Waals surface area contributed by atoms with Crippen molar-refractivity contribution in [3.8, 4) is 0 Å². The average Bonchev–Trinajstić information content (AvgIpc) is 2.80. The lowest BCUT2D eigenvalue weighted by atomic mass is 9.77. The number of azide groups is 1.